The highest BCUT2D eigenvalue weighted by Gasteiger charge is 2.43. The largest absolute Gasteiger partial charge is 0.372 e. The summed E-state index contributed by atoms with van der Waals surface area (Å²) < 4.78 is 6.63. The van der Waals surface area contributed by atoms with Gasteiger partial charge in [-0.2, -0.15) is 0 Å². The normalized spacial score (nSPS) is 31.7. The predicted octanol–water partition coefficient (Wildman–Crippen LogP) is 4.67. The molecule has 0 aromatic heterocycles. The van der Waals surface area contributed by atoms with E-state index >= 15 is 0 Å². The van der Waals surface area contributed by atoms with Crippen molar-refractivity contribution in [3.63, 3.8) is 0 Å². The van der Waals surface area contributed by atoms with E-state index in [0.717, 1.165) is 12.0 Å². The Balaban J connectivity index is 1.55. The number of hydrogen-bond acceptors (Lipinski definition) is 2. The maximum atomic E-state index is 6.63. The van der Waals surface area contributed by atoms with Gasteiger partial charge in [0.15, 0.2) is 0 Å². The van der Waals surface area contributed by atoms with Gasteiger partial charge < -0.3 is 10.1 Å². The van der Waals surface area contributed by atoms with Crippen LogP contribution in [0.15, 0.2) is 0 Å². The third-order valence-corrected chi connectivity index (χ3v) is 6.56. The molecule has 1 saturated heterocycles. The van der Waals surface area contributed by atoms with Gasteiger partial charge in [-0.05, 0) is 56.3 Å². The molecule has 21 heavy (non-hydrogen) atoms. The third-order valence-electron chi connectivity index (χ3n) is 6.56. The number of ether oxygens (including phenoxy) is 1. The van der Waals surface area contributed by atoms with E-state index in [9.17, 15) is 0 Å². The Labute approximate surface area is 131 Å². The minimum absolute atomic E-state index is 0.282. The lowest BCUT2D eigenvalue weighted by Crippen LogP contribution is -2.40. The fraction of sp³-hybridized carbons (Fsp3) is 1.00. The van der Waals surface area contributed by atoms with Gasteiger partial charge in [0.1, 0.15) is 0 Å². The van der Waals surface area contributed by atoms with Gasteiger partial charge in [-0.25, -0.2) is 0 Å². The molecule has 2 saturated carbocycles. The van der Waals surface area contributed by atoms with Crippen molar-refractivity contribution in [1.82, 2.24) is 5.32 Å². The Morgan fingerprint density at radius 2 is 1.81 bits per heavy atom. The molecule has 0 radical (unpaired) electrons. The van der Waals surface area contributed by atoms with Crippen LogP contribution in [0.3, 0.4) is 0 Å². The summed E-state index contributed by atoms with van der Waals surface area (Å²) in [7, 11) is 0. The zero-order chi connectivity index (χ0) is 14.9. The average Bonchev–Trinajstić information content (AvgIpc) is 3.22. The molecule has 2 nitrogen and oxygen atoms in total. The SMILES string of the molecule is CC(C)C(C)(CNC1CC1)CC1CCC2(CCCCC2)O1. The van der Waals surface area contributed by atoms with E-state index in [0.29, 0.717) is 11.5 Å². The Bertz CT molecular complexity index is 343. The first-order valence-electron chi connectivity index (χ1n) is 9.43. The van der Waals surface area contributed by atoms with Gasteiger partial charge in [0.25, 0.3) is 0 Å². The molecular weight excluding hydrogens is 258 g/mol. The van der Waals surface area contributed by atoms with Crippen LogP contribution < -0.4 is 5.32 Å². The van der Waals surface area contributed by atoms with Crippen molar-refractivity contribution in [3.8, 4) is 0 Å². The summed E-state index contributed by atoms with van der Waals surface area (Å²) in [5, 5.41) is 3.77. The highest BCUT2D eigenvalue weighted by Crippen LogP contribution is 2.45. The molecule has 1 spiro atoms. The summed E-state index contributed by atoms with van der Waals surface area (Å²) in [6.07, 6.45) is 14.0. The van der Waals surface area contributed by atoms with Gasteiger partial charge in [0, 0.05) is 12.6 Å². The van der Waals surface area contributed by atoms with E-state index in [2.05, 4.69) is 26.1 Å². The van der Waals surface area contributed by atoms with Gasteiger partial charge in [-0.1, -0.05) is 40.0 Å². The van der Waals surface area contributed by atoms with E-state index in [1.165, 1.54) is 70.8 Å². The van der Waals surface area contributed by atoms with Crippen LogP contribution in [-0.2, 0) is 4.74 Å². The molecular formula is C19H35NO. The van der Waals surface area contributed by atoms with E-state index in [1.807, 2.05) is 0 Å². The minimum Gasteiger partial charge on any atom is -0.372 e. The average molecular weight is 293 g/mol. The molecule has 2 unspecified atom stereocenters. The van der Waals surface area contributed by atoms with Crippen molar-refractivity contribution in [2.45, 2.75) is 103 Å². The fourth-order valence-electron chi connectivity index (χ4n) is 4.30. The lowest BCUT2D eigenvalue weighted by Gasteiger charge is -2.38. The predicted molar refractivity (Wildman–Crippen MR) is 88.5 cm³/mol. The molecule has 2 heteroatoms. The van der Waals surface area contributed by atoms with Gasteiger partial charge in [-0.3, -0.25) is 0 Å². The van der Waals surface area contributed by atoms with Crippen LogP contribution in [-0.4, -0.2) is 24.3 Å². The Morgan fingerprint density at radius 1 is 1.10 bits per heavy atom. The zero-order valence-electron chi connectivity index (χ0n) is 14.4. The molecule has 0 amide bonds. The monoisotopic (exact) mass is 293 g/mol. The van der Waals surface area contributed by atoms with Crippen LogP contribution in [0.5, 0.6) is 0 Å². The van der Waals surface area contributed by atoms with Gasteiger partial charge in [0.2, 0.25) is 0 Å². The standard InChI is InChI=1S/C19H35NO/c1-15(2)18(3,14-20-16-7-8-16)13-17-9-12-19(21-17)10-5-4-6-11-19/h15-17,20H,4-14H2,1-3H3. The van der Waals surface area contributed by atoms with Crippen LogP contribution >= 0.6 is 0 Å². The summed E-state index contributed by atoms with van der Waals surface area (Å²) in [6, 6.07) is 0.817. The molecule has 1 aliphatic heterocycles. The first-order valence-corrected chi connectivity index (χ1v) is 9.43. The Hall–Kier alpha value is -0.0800. The van der Waals surface area contributed by atoms with E-state index in [-0.39, 0.29) is 5.60 Å². The zero-order valence-corrected chi connectivity index (χ0v) is 14.4. The molecule has 1 N–H and O–H groups in total. The first-order chi connectivity index (χ1) is 10.0. The van der Waals surface area contributed by atoms with E-state index < -0.39 is 0 Å². The highest BCUT2D eigenvalue weighted by atomic mass is 16.5. The summed E-state index contributed by atoms with van der Waals surface area (Å²) in [5.74, 6) is 0.718. The van der Waals surface area contributed by atoms with E-state index in [1.54, 1.807) is 0 Å². The highest BCUT2D eigenvalue weighted by molar-refractivity contribution is 4.95. The molecule has 0 aromatic carbocycles. The molecule has 1 heterocycles. The molecule has 2 aliphatic carbocycles. The van der Waals surface area contributed by atoms with Crippen LogP contribution in [0.25, 0.3) is 0 Å². The fourth-order valence-corrected chi connectivity index (χ4v) is 4.30. The third kappa shape index (κ3) is 3.82. The van der Waals surface area contributed by atoms with Gasteiger partial charge in [-0.15, -0.1) is 0 Å². The van der Waals surface area contributed by atoms with Crippen LogP contribution in [0.1, 0.15) is 85.0 Å². The number of hydrogen-bond donors (Lipinski definition) is 1. The van der Waals surface area contributed by atoms with Crippen LogP contribution in [0.4, 0.5) is 0 Å². The maximum Gasteiger partial charge on any atom is 0.0687 e. The molecule has 0 bridgehead atoms. The van der Waals surface area contributed by atoms with Crippen LogP contribution in [0.2, 0.25) is 0 Å². The quantitative estimate of drug-likeness (QED) is 0.768. The van der Waals surface area contributed by atoms with Crippen molar-refractivity contribution in [2.75, 3.05) is 6.54 Å². The van der Waals surface area contributed by atoms with Gasteiger partial charge >= 0.3 is 0 Å². The van der Waals surface area contributed by atoms with Crippen molar-refractivity contribution >= 4 is 0 Å². The number of nitrogens with one attached hydrogen (secondary N) is 1. The molecule has 3 rings (SSSR count). The number of rotatable bonds is 6. The van der Waals surface area contributed by atoms with Crippen molar-refractivity contribution in [1.29, 1.82) is 0 Å². The Kier molecular flexibility index (Phi) is 4.66. The second-order valence-corrected chi connectivity index (χ2v) is 8.69. The van der Waals surface area contributed by atoms with Gasteiger partial charge in [0.05, 0.1) is 11.7 Å². The Morgan fingerprint density at radius 3 is 2.43 bits per heavy atom. The second-order valence-electron chi connectivity index (χ2n) is 8.69. The lowest BCUT2D eigenvalue weighted by atomic mass is 9.74. The molecule has 3 aliphatic rings. The smallest absolute Gasteiger partial charge is 0.0687 e. The molecule has 0 aromatic rings. The van der Waals surface area contributed by atoms with E-state index in [4.69, 9.17) is 4.74 Å². The molecule has 2 atom stereocenters. The molecule has 122 valence electrons. The lowest BCUT2D eigenvalue weighted by molar-refractivity contribution is -0.0792. The minimum atomic E-state index is 0.282. The molecule has 3 fully saturated rings. The van der Waals surface area contributed by atoms with Crippen LogP contribution in [0, 0.1) is 11.3 Å². The maximum absolute atomic E-state index is 6.63. The summed E-state index contributed by atoms with van der Waals surface area (Å²) in [6.45, 7) is 8.42. The topological polar surface area (TPSA) is 21.3 Å². The summed E-state index contributed by atoms with van der Waals surface area (Å²) >= 11 is 0. The summed E-state index contributed by atoms with van der Waals surface area (Å²) in [4.78, 5) is 0. The van der Waals surface area contributed by atoms with Crippen molar-refractivity contribution in [2.24, 2.45) is 11.3 Å². The first kappa shape index (κ1) is 15.8. The van der Waals surface area contributed by atoms with Crippen molar-refractivity contribution < 1.29 is 4.74 Å². The summed E-state index contributed by atoms with van der Waals surface area (Å²) in [5.41, 5.74) is 0.665. The second kappa shape index (κ2) is 6.20. The van der Waals surface area contributed by atoms with Crippen molar-refractivity contribution in [3.05, 3.63) is 0 Å².